The lowest BCUT2D eigenvalue weighted by molar-refractivity contribution is -0.384. The van der Waals surface area contributed by atoms with E-state index in [0.29, 0.717) is 35.1 Å². The number of aromatic nitrogens is 1. The number of nitro benzene ring substituents is 1. The van der Waals surface area contributed by atoms with Crippen LogP contribution in [0.15, 0.2) is 48.5 Å². The number of benzene rings is 2. The third-order valence-electron chi connectivity index (χ3n) is 4.36. The summed E-state index contributed by atoms with van der Waals surface area (Å²) in [5, 5.41) is 11.5. The molecule has 1 amide bonds. The average Bonchev–Trinajstić information content (AvgIpc) is 3.16. The summed E-state index contributed by atoms with van der Waals surface area (Å²) in [6, 6.07) is 11.8. The monoisotopic (exact) mass is 426 g/mol. The molecule has 1 heterocycles. The molecular weight excluding hydrogens is 404 g/mol. The second-order valence-corrected chi connectivity index (χ2v) is 7.79. The van der Waals surface area contributed by atoms with Crippen molar-refractivity contribution < 1.29 is 14.5 Å². The highest BCUT2D eigenvalue weighted by Gasteiger charge is 2.19. The van der Waals surface area contributed by atoms with Gasteiger partial charge < -0.3 is 9.64 Å². The fourth-order valence-corrected chi connectivity index (χ4v) is 3.81. The Balaban J connectivity index is 1.90. The number of likely N-dealkylation sites (N-methyl/N-ethyl adjacent to an activating group) is 1. The lowest BCUT2D eigenvalue weighted by Gasteiger charge is -2.20. The van der Waals surface area contributed by atoms with Crippen LogP contribution in [0.25, 0.3) is 16.3 Å². The Morgan fingerprint density at radius 2 is 2.00 bits per heavy atom. The predicted octanol–water partition coefficient (Wildman–Crippen LogP) is 3.82. The maximum absolute atomic E-state index is 13.0. The van der Waals surface area contributed by atoms with Crippen molar-refractivity contribution in [2.45, 2.75) is 0 Å². The predicted molar refractivity (Wildman–Crippen MR) is 119 cm³/mol. The molecule has 0 aliphatic rings. The third kappa shape index (κ3) is 5.00. The van der Waals surface area contributed by atoms with Crippen molar-refractivity contribution in [1.82, 2.24) is 9.88 Å². The molecule has 156 valence electrons. The topological polar surface area (TPSA) is 88.8 Å². The summed E-state index contributed by atoms with van der Waals surface area (Å²) < 4.78 is 6.30. The zero-order valence-corrected chi connectivity index (χ0v) is 17.8. The van der Waals surface area contributed by atoms with Crippen LogP contribution in [0.4, 0.5) is 10.8 Å². The minimum absolute atomic E-state index is 0.0210. The van der Waals surface area contributed by atoms with Gasteiger partial charge in [-0.2, -0.15) is 0 Å². The number of nitro groups is 1. The van der Waals surface area contributed by atoms with Crippen LogP contribution in [0.1, 0.15) is 5.56 Å². The molecule has 0 aliphatic heterocycles. The molecule has 0 saturated carbocycles. The summed E-state index contributed by atoms with van der Waals surface area (Å²) in [7, 11) is 5.45. The number of ether oxygens (including phenoxy) is 1. The highest BCUT2D eigenvalue weighted by atomic mass is 32.1. The number of amides is 1. The SMILES string of the molecule is COc1cccc2sc(N(CCN(C)C)C(=O)/C=C/c3cccc([N+](=O)[O-])c3)nc12. The summed E-state index contributed by atoms with van der Waals surface area (Å²) in [5.41, 5.74) is 1.27. The van der Waals surface area contributed by atoms with Crippen LogP contribution in [0, 0.1) is 10.1 Å². The Labute approximate surface area is 178 Å². The molecule has 8 nitrogen and oxygen atoms in total. The van der Waals surface area contributed by atoms with Crippen molar-refractivity contribution >= 4 is 44.4 Å². The minimum atomic E-state index is -0.461. The van der Waals surface area contributed by atoms with E-state index in [1.807, 2.05) is 37.2 Å². The number of carbonyl (C=O) groups is 1. The molecule has 1 aromatic heterocycles. The van der Waals surface area contributed by atoms with Crippen LogP contribution in [0.5, 0.6) is 5.75 Å². The number of para-hydroxylation sites is 1. The molecule has 30 heavy (non-hydrogen) atoms. The average molecular weight is 426 g/mol. The van der Waals surface area contributed by atoms with Crippen LogP contribution in [0.2, 0.25) is 0 Å². The van der Waals surface area contributed by atoms with Crippen LogP contribution < -0.4 is 9.64 Å². The lowest BCUT2D eigenvalue weighted by atomic mass is 10.2. The fraction of sp³-hybridized carbons (Fsp3) is 0.238. The fourth-order valence-electron chi connectivity index (χ4n) is 2.79. The van der Waals surface area contributed by atoms with Crippen molar-refractivity contribution in [3.63, 3.8) is 0 Å². The summed E-state index contributed by atoms with van der Waals surface area (Å²) in [4.78, 5) is 31.7. The minimum Gasteiger partial charge on any atom is -0.494 e. The maximum atomic E-state index is 13.0. The number of hydrogen-bond donors (Lipinski definition) is 0. The second-order valence-electron chi connectivity index (χ2n) is 6.78. The van der Waals surface area contributed by atoms with E-state index >= 15 is 0 Å². The number of hydrogen-bond acceptors (Lipinski definition) is 7. The van der Waals surface area contributed by atoms with Gasteiger partial charge in [-0.05, 0) is 37.9 Å². The molecule has 0 spiro atoms. The van der Waals surface area contributed by atoms with E-state index in [2.05, 4.69) is 4.98 Å². The molecule has 0 atom stereocenters. The smallest absolute Gasteiger partial charge is 0.270 e. The van der Waals surface area contributed by atoms with E-state index in [-0.39, 0.29) is 11.6 Å². The first-order valence-electron chi connectivity index (χ1n) is 9.21. The van der Waals surface area contributed by atoms with Gasteiger partial charge in [-0.1, -0.05) is 29.5 Å². The molecule has 0 fully saturated rings. The molecule has 0 N–H and O–H groups in total. The Bertz CT molecular complexity index is 1090. The summed E-state index contributed by atoms with van der Waals surface area (Å²) >= 11 is 1.42. The summed E-state index contributed by atoms with van der Waals surface area (Å²) in [6.07, 6.45) is 2.99. The number of carbonyl (C=O) groups excluding carboxylic acids is 1. The van der Waals surface area contributed by atoms with Crippen LogP contribution in [-0.2, 0) is 4.79 Å². The highest BCUT2D eigenvalue weighted by molar-refractivity contribution is 7.22. The molecule has 3 rings (SSSR count). The Morgan fingerprint density at radius 3 is 2.70 bits per heavy atom. The first kappa shape index (κ1) is 21.4. The lowest BCUT2D eigenvalue weighted by Crippen LogP contribution is -2.35. The number of non-ortho nitro benzene ring substituents is 1. The zero-order valence-electron chi connectivity index (χ0n) is 16.9. The van der Waals surface area contributed by atoms with Gasteiger partial charge in [-0.15, -0.1) is 0 Å². The Hall–Kier alpha value is -3.30. The first-order chi connectivity index (χ1) is 14.4. The van der Waals surface area contributed by atoms with E-state index < -0.39 is 4.92 Å². The van der Waals surface area contributed by atoms with Crippen molar-refractivity contribution in [3.05, 3.63) is 64.2 Å². The van der Waals surface area contributed by atoms with Gasteiger partial charge in [0, 0.05) is 31.3 Å². The maximum Gasteiger partial charge on any atom is 0.270 e. The second kappa shape index (κ2) is 9.47. The highest BCUT2D eigenvalue weighted by Crippen LogP contribution is 2.34. The molecular formula is C21H22N4O4S. The molecule has 0 radical (unpaired) electrons. The molecule has 9 heteroatoms. The largest absolute Gasteiger partial charge is 0.494 e. The van der Waals surface area contributed by atoms with Gasteiger partial charge in [0.2, 0.25) is 0 Å². The van der Waals surface area contributed by atoms with Crippen molar-refractivity contribution in [2.75, 3.05) is 39.2 Å². The summed E-state index contributed by atoms with van der Waals surface area (Å²) in [6.45, 7) is 1.11. The van der Waals surface area contributed by atoms with Crippen molar-refractivity contribution in [2.24, 2.45) is 0 Å². The standard InChI is InChI=1S/C21H22N4O4S/c1-23(2)12-13-24(21-22-20-17(29-3)8-5-9-18(20)30-21)19(26)11-10-15-6-4-7-16(14-15)25(27)28/h4-11,14H,12-13H2,1-3H3/b11-10+. The molecule has 0 bridgehead atoms. The van der Waals surface area contributed by atoms with E-state index in [0.717, 1.165) is 4.70 Å². The van der Waals surface area contributed by atoms with Crippen LogP contribution >= 0.6 is 11.3 Å². The number of fused-ring (bicyclic) bond motifs is 1. The van der Waals surface area contributed by atoms with Gasteiger partial charge in [0.1, 0.15) is 11.3 Å². The molecule has 3 aromatic rings. The van der Waals surface area contributed by atoms with Gasteiger partial charge in [-0.3, -0.25) is 19.8 Å². The van der Waals surface area contributed by atoms with E-state index in [4.69, 9.17) is 4.74 Å². The number of nitrogens with zero attached hydrogens (tertiary/aromatic N) is 4. The molecule has 0 aliphatic carbocycles. The summed E-state index contributed by atoms with van der Waals surface area (Å²) in [5.74, 6) is 0.406. The van der Waals surface area contributed by atoms with Crippen LogP contribution in [-0.4, -0.2) is 55.0 Å². The number of anilines is 1. The van der Waals surface area contributed by atoms with Gasteiger partial charge in [0.15, 0.2) is 5.13 Å². The normalized spacial score (nSPS) is 11.3. The van der Waals surface area contributed by atoms with E-state index in [1.165, 1.54) is 29.5 Å². The Kier molecular flexibility index (Phi) is 6.76. The molecule has 2 aromatic carbocycles. The van der Waals surface area contributed by atoms with Crippen LogP contribution in [0.3, 0.4) is 0 Å². The zero-order chi connectivity index (χ0) is 21.7. The van der Waals surface area contributed by atoms with Gasteiger partial charge >= 0.3 is 0 Å². The number of thiazole rings is 1. The van der Waals surface area contributed by atoms with Crippen molar-refractivity contribution in [1.29, 1.82) is 0 Å². The quantitative estimate of drug-likeness (QED) is 0.309. The van der Waals surface area contributed by atoms with Gasteiger partial charge in [0.25, 0.3) is 11.6 Å². The Morgan fingerprint density at radius 1 is 1.23 bits per heavy atom. The van der Waals surface area contributed by atoms with Gasteiger partial charge in [0.05, 0.1) is 16.7 Å². The number of rotatable bonds is 8. The van der Waals surface area contributed by atoms with Gasteiger partial charge in [-0.25, -0.2) is 4.98 Å². The van der Waals surface area contributed by atoms with Crippen molar-refractivity contribution in [3.8, 4) is 5.75 Å². The molecule has 0 saturated heterocycles. The third-order valence-corrected chi connectivity index (χ3v) is 5.40. The number of methoxy groups -OCH3 is 1. The van der Waals surface area contributed by atoms with E-state index in [9.17, 15) is 14.9 Å². The van der Waals surface area contributed by atoms with E-state index in [1.54, 1.807) is 30.2 Å². The molecule has 0 unspecified atom stereocenters. The first-order valence-corrected chi connectivity index (χ1v) is 10.0.